The first-order valence-electron chi connectivity index (χ1n) is 47.2. The van der Waals surface area contributed by atoms with Crippen molar-refractivity contribution >= 4 is 128 Å². The fraction of sp³-hybridized carbons (Fsp3) is 0.464. The molecule has 0 aliphatic heterocycles. The molecular weight excluding hydrogens is 1840 g/mol. The van der Waals surface area contributed by atoms with Gasteiger partial charge in [0.05, 0.1) is 19.1 Å². The number of phenols is 2. The Labute approximate surface area is 820 Å². The second-order valence-corrected chi connectivity index (χ2v) is 35.2. The number of guanidine groups is 1. The zero-order chi connectivity index (χ0) is 104. The second kappa shape index (κ2) is 57.4. The maximum atomic E-state index is 15.5. The molecule has 5 aromatic carbocycles. The molecule has 0 spiro atoms. The number of carboxylic acid groups (broad SMARTS) is 1. The smallest absolute Gasteiger partial charge is 0.326 e. The van der Waals surface area contributed by atoms with E-state index in [1.54, 1.807) is 119 Å². The first-order chi connectivity index (χ1) is 67.6. The maximum absolute atomic E-state index is 15.5. The van der Waals surface area contributed by atoms with E-state index in [0.717, 1.165) is 0 Å². The largest absolute Gasteiger partial charge is 0.508 e. The Bertz CT molecular complexity index is 5470. The Hall–Kier alpha value is -15.1. The van der Waals surface area contributed by atoms with Crippen LogP contribution in [0.15, 0.2) is 140 Å². The number of benzene rings is 5. The van der Waals surface area contributed by atoms with Crippen LogP contribution in [0.25, 0.3) is 21.8 Å². The number of aromatic hydroxyl groups is 2. The monoisotopic (exact) mass is 1970 g/mol. The molecule has 2 aromatic heterocycles. The van der Waals surface area contributed by atoms with Gasteiger partial charge in [-0.3, -0.25) is 82.1 Å². The van der Waals surface area contributed by atoms with Gasteiger partial charge in [0, 0.05) is 79.3 Å². The van der Waals surface area contributed by atoms with Crippen LogP contribution in [-0.2, 0) is 114 Å². The molecule has 2 heterocycles. The van der Waals surface area contributed by atoms with Crippen LogP contribution >= 0.6 is 0 Å². The normalized spacial score (nSPS) is 14.8. The SMILES string of the molecule is CC[C@H](C)[C@H](NC(=O)[C@H](CCCCN)NC(=O)[C@H](Cc1ccc(O)cc1)NC(=O)[C@H](Cc1c[nH]c2ccccc12)NC(=O)[C@H](C)NC(=O)[C@@H](NC(=O)[C@H](Cc1c[nH]c2ccccc12)NC(=O)[C@H](Cc1ccccc1)NC(=O)[C@H](Cc1ccc(O)cc1)NC(=O)[C@H](CCC(N)=O)NC(=O)[C@@H](N)CCCNC(=N)N)[C@@H](C)CC)C(=O)N[C@@H](C)C(=O)N[C@@H](CO)C(=O)N[C@@H](CC(N)=O)C(=O)N[C@@H](CCCCN)C(=O)O. The minimum Gasteiger partial charge on any atom is -0.508 e. The van der Waals surface area contributed by atoms with Crippen LogP contribution in [0.2, 0.25) is 0 Å². The molecule has 0 saturated carbocycles. The highest BCUT2D eigenvalue weighted by Gasteiger charge is 2.40. The standard InChI is InChI=1S/C97H136N24O21/c1-7-52(3)80(94(139)109-55(6)83(128)119-77(51-122)93(138)118-76(48-79(102)126)91(136)112-70(96(141)142)29-17-19-41-99)120-86(131)68(28-16-18-40-98)111-87(132)72(44-57-30-34-61(123)35-31-57)116-90(135)74(46-59-49-106-66-26-14-12-23-63(59)66)113-82(127)54(5)108-95(140)81(53(4)8-2)121-92(137)75(47-60-50-107-67-27-15-13-24-64(60)67)117-89(134)71(43-56-21-10-9-11-22-56)115-88(133)73(45-58-32-36-62(124)37-33-58)114-85(130)69(38-39-78(101)125)110-84(129)65(100)25-20-42-105-97(103)104/h9-15,21-24,26-27,30-37,49-50,52-55,65,68-77,80-81,106-107,122-124H,7-8,16-20,25,28-29,38-48,51,98-100H2,1-6H3,(H2,101,125)(H2,102,126)(H,108,140)(H,109,139)(H,110,129)(H,111,132)(H,112,136)(H,113,127)(H,114,130)(H,115,133)(H,116,135)(H,117,134)(H,118,138)(H,119,128)(H,120,131)(H,121,137)(H,141,142)(H4,103,104,105)/t52-,53-,54-,55-,65-,68-,69-,70-,71-,72-,73-,74-,75-,76-,77-,80-,81-/m0/s1. The van der Waals surface area contributed by atoms with Crippen LogP contribution in [0.3, 0.4) is 0 Å². The summed E-state index contributed by atoms with van der Waals surface area (Å²) in [7, 11) is 0. The van der Waals surface area contributed by atoms with E-state index >= 15 is 33.6 Å². The van der Waals surface area contributed by atoms with Crippen LogP contribution in [0.5, 0.6) is 11.5 Å². The van der Waals surface area contributed by atoms with Gasteiger partial charge in [0.2, 0.25) is 94.5 Å². The maximum Gasteiger partial charge on any atom is 0.326 e. The van der Waals surface area contributed by atoms with Gasteiger partial charge < -0.3 is 145 Å². The number of rotatable bonds is 61. The number of amides is 16. The molecule has 0 unspecified atom stereocenters. The summed E-state index contributed by atoms with van der Waals surface area (Å²) in [5.41, 5.74) is 37.6. The van der Waals surface area contributed by atoms with Crippen molar-refractivity contribution in [3.05, 3.63) is 168 Å². The lowest BCUT2D eigenvalue weighted by Crippen LogP contribution is -2.62. The minimum atomic E-state index is -1.84. The molecule has 0 saturated heterocycles. The Morgan fingerprint density at radius 1 is 0.359 bits per heavy atom. The quantitative estimate of drug-likeness (QED) is 0.0107. The summed E-state index contributed by atoms with van der Waals surface area (Å²) in [6.07, 6.45) is 2.25. The Morgan fingerprint density at radius 3 is 1.12 bits per heavy atom. The number of aromatic amines is 2. The van der Waals surface area contributed by atoms with E-state index in [1.165, 1.54) is 62.4 Å². The topological polar surface area (TPSA) is 763 Å². The Balaban J connectivity index is 1.14. The number of aromatic nitrogens is 2. The number of nitrogens with one attached hydrogen (secondary N) is 18. The molecule has 0 aliphatic carbocycles. The molecule has 45 heteroatoms. The number of para-hydroxylation sites is 2. The highest BCUT2D eigenvalue weighted by molar-refractivity contribution is 6.02. The molecule has 0 aliphatic rings. The van der Waals surface area contributed by atoms with Crippen LogP contribution < -0.4 is 114 Å². The van der Waals surface area contributed by atoms with Crippen molar-refractivity contribution in [2.24, 2.45) is 46.2 Å². The molecule has 7 aromatic rings. The van der Waals surface area contributed by atoms with Gasteiger partial charge in [-0.05, 0) is 161 Å². The van der Waals surface area contributed by atoms with Gasteiger partial charge in [-0.1, -0.05) is 132 Å². The number of phenolic OH excluding ortho intramolecular Hbond substituents is 2. The highest BCUT2D eigenvalue weighted by atomic mass is 16.4. The van der Waals surface area contributed by atoms with E-state index in [-0.39, 0.29) is 121 Å². The molecule has 0 fully saturated rings. The number of nitrogens with two attached hydrogens (primary N) is 6. The van der Waals surface area contributed by atoms with Crippen LogP contribution in [0.1, 0.15) is 153 Å². The summed E-state index contributed by atoms with van der Waals surface area (Å²) in [6, 6.07) is 10.7. The van der Waals surface area contributed by atoms with Crippen molar-refractivity contribution in [1.82, 2.24) is 89.7 Å². The Kier molecular flexibility index (Phi) is 46.1. The number of carboxylic acids is 1. The van der Waals surface area contributed by atoms with Gasteiger partial charge in [-0.2, -0.15) is 0 Å². The van der Waals surface area contributed by atoms with Gasteiger partial charge >= 0.3 is 5.97 Å². The number of H-pyrrole nitrogens is 2. The third-order valence-electron chi connectivity index (χ3n) is 24.1. The molecule has 16 amide bonds. The first-order valence-corrected chi connectivity index (χ1v) is 47.2. The van der Waals surface area contributed by atoms with Crippen molar-refractivity contribution in [2.45, 2.75) is 248 Å². The van der Waals surface area contributed by atoms with Gasteiger partial charge in [0.1, 0.15) is 96.1 Å². The number of primary amides is 2. The average Bonchev–Trinajstić information content (AvgIpc) is 1.64. The summed E-state index contributed by atoms with van der Waals surface area (Å²) in [5, 5.41) is 88.6. The van der Waals surface area contributed by atoms with Crippen LogP contribution in [-0.4, -0.2) is 254 Å². The lowest BCUT2D eigenvalue weighted by molar-refractivity contribution is -0.142. The van der Waals surface area contributed by atoms with E-state index in [9.17, 15) is 68.4 Å². The predicted octanol–water partition coefficient (Wildman–Crippen LogP) is -2.44. The number of unbranched alkanes of at least 4 members (excludes halogenated alkanes) is 2. The lowest BCUT2D eigenvalue weighted by Gasteiger charge is -2.30. The summed E-state index contributed by atoms with van der Waals surface area (Å²) >= 11 is 0. The molecule has 0 radical (unpaired) electrons. The number of aliphatic carboxylic acids is 1. The Morgan fingerprint density at radius 2 is 0.704 bits per heavy atom. The van der Waals surface area contributed by atoms with Crippen molar-refractivity contribution in [2.75, 3.05) is 26.2 Å². The van der Waals surface area contributed by atoms with Crippen molar-refractivity contribution < 1.29 is 102 Å². The number of carbonyl (C=O) groups excluding carboxylic acids is 16. The van der Waals surface area contributed by atoms with E-state index in [1.807, 2.05) is 0 Å². The lowest BCUT2D eigenvalue weighted by atomic mass is 9.96. The van der Waals surface area contributed by atoms with E-state index in [4.69, 9.17) is 39.8 Å². The van der Waals surface area contributed by atoms with E-state index in [0.29, 0.717) is 68.9 Å². The number of fused-ring (bicyclic) bond motifs is 2. The first kappa shape index (κ1) is 114. The number of carbonyl (C=O) groups is 17. The number of aliphatic hydroxyl groups is 1. The average molecular weight is 1970 g/mol. The van der Waals surface area contributed by atoms with Gasteiger partial charge in [0.15, 0.2) is 5.96 Å². The molecule has 770 valence electrons. The van der Waals surface area contributed by atoms with Gasteiger partial charge in [-0.25, -0.2) is 4.79 Å². The highest BCUT2D eigenvalue weighted by Crippen LogP contribution is 2.24. The van der Waals surface area contributed by atoms with Crippen molar-refractivity contribution in [3.63, 3.8) is 0 Å². The summed E-state index contributed by atoms with van der Waals surface area (Å²) < 4.78 is 0. The molecule has 45 nitrogen and oxygen atoms in total. The molecule has 142 heavy (non-hydrogen) atoms. The van der Waals surface area contributed by atoms with Gasteiger partial charge in [0.25, 0.3) is 0 Å². The van der Waals surface area contributed by atoms with Crippen molar-refractivity contribution in [3.8, 4) is 11.5 Å². The second-order valence-electron chi connectivity index (χ2n) is 35.2. The minimum absolute atomic E-state index is 0.0587. The molecule has 17 atom stereocenters. The number of aliphatic hydroxyl groups excluding tert-OH is 1. The van der Waals surface area contributed by atoms with Crippen LogP contribution in [0, 0.1) is 17.2 Å². The molecule has 7 rings (SSSR count). The van der Waals surface area contributed by atoms with Gasteiger partial charge in [-0.15, -0.1) is 0 Å². The fourth-order valence-corrected chi connectivity index (χ4v) is 15.4. The third-order valence-corrected chi connectivity index (χ3v) is 24.1. The summed E-state index contributed by atoms with van der Waals surface area (Å²) in [4.78, 5) is 248. The summed E-state index contributed by atoms with van der Waals surface area (Å²) in [5.74, 6) is -18.9. The van der Waals surface area contributed by atoms with E-state index in [2.05, 4.69) is 89.7 Å². The number of hydrogen-bond acceptors (Lipinski definition) is 24. The summed E-state index contributed by atoms with van der Waals surface area (Å²) in [6.45, 7) is 8.71. The molecule has 34 N–H and O–H groups in total. The number of hydrogen-bond donors (Lipinski definition) is 28. The van der Waals surface area contributed by atoms with Crippen molar-refractivity contribution in [1.29, 1.82) is 5.41 Å². The zero-order valence-electron chi connectivity index (χ0n) is 80.3. The molecule has 0 bridgehead atoms. The third kappa shape index (κ3) is 36.6. The molecular formula is C97H136N24O21. The van der Waals surface area contributed by atoms with Crippen LogP contribution in [0.4, 0.5) is 0 Å². The van der Waals surface area contributed by atoms with E-state index < -0.39 is 222 Å². The fourth-order valence-electron chi connectivity index (χ4n) is 15.4. The zero-order valence-corrected chi connectivity index (χ0v) is 80.3. The predicted molar refractivity (Wildman–Crippen MR) is 525 cm³/mol.